The van der Waals surface area contributed by atoms with Crippen LogP contribution in [-0.4, -0.2) is 14.8 Å². The van der Waals surface area contributed by atoms with Crippen molar-refractivity contribution in [2.75, 3.05) is 0 Å². The molecular weight excluding hydrogens is 281 g/mol. The summed E-state index contributed by atoms with van der Waals surface area (Å²) in [4.78, 5) is 17.4. The lowest BCUT2D eigenvalue weighted by molar-refractivity contribution is 0.375. The van der Waals surface area contributed by atoms with Gasteiger partial charge >= 0.3 is 7.75 Å². The average Bonchev–Trinajstić information content (AvgIpc) is 2.33. The molecule has 0 spiro atoms. The molecule has 0 aliphatic rings. The van der Waals surface area contributed by atoms with Gasteiger partial charge < -0.3 is 9.79 Å². The highest BCUT2D eigenvalue weighted by molar-refractivity contribution is 8.13. The summed E-state index contributed by atoms with van der Waals surface area (Å²) in [5, 5.41) is 0.406. The third kappa shape index (κ3) is 7.53. The summed E-state index contributed by atoms with van der Waals surface area (Å²) < 4.78 is 14.0. The number of benzene rings is 1. The van der Waals surface area contributed by atoms with Crippen LogP contribution in [0.2, 0.25) is 0 Å². The van der Waals surface area contributed by atoms with Crippen LogP contribution in [0.3, 0.4) is 0 Å². The third-order valence-electron chi connectivity index (χ3n) is 2.56. The number of hydrogen-bond donors (Lipinski definition) is 2. The van der Waals surface area contributed by atoms with Crippen LogP contribution in [0, 0.1) is 0 Å². The Hall–Kier alpha value is -0.610. The molecule has 2 N–H and O–H groups in total. The first-order valence-corrected chi connectivity index (χ1v) is 8.79. The quantitative estimate of drug-likeness (QED) is 0.476. The van der Waals surface area contributed by atoms with Crippen LogP contribution in [0.4, 0.5) is 0 Å². The van der Waals surface area contributed by atoms with Gasteiger partial charge in [0.15, 0.2) is 0 Å². The first kappa shape index (κ1) is 16.4. The molecule has 0 heterocycles. The van der Waals surface area contributed by atoms with Crippen LogP contribution in [0.15, 0.2) is 29.0 Å². The summed E-state index contributed by atoms with van der Waals surface area (Å²) in [7, 11) is -4.30. The van der Waals surface area contributed by atoms with Crippen LogP contribution < -0.4 is 0 Å². The third-order valence-corrected chi connectivity index (χ3v) is 4.24. The van der Waals surface area contributed by atoms with E-state index in [-0.39, 0.29) is 0 Å². The molecule has 19 heavy (non-hydrogen) atoms. The molecule has 1 rings (SSSR count). The van der Waals surface area contributed by atoms with E-state index < -0.39 is 7.75 Å². The van der Waals surface area contributed by atoms with Gasteiger partial charge in [-0.3, -0.25) is 0 Å². The molecule has 106 valence electrons. The SMILES string of the molecule is CCCCc1ccc(CS/C(C)=N/P(=O)(O)O)cc1. The van der Waals surface area contributed by atoms with E-state index in [9.17, 15) is 4.57 Å². The van der Waals surface area contributed by atoms with Gasteiger partial charge in [-0.1, -0.05) is 37.6 Å². The second-order valence-corrected chi connectivity index (χ2v) is 6.74. The van der Waals surface area contributed by atoms with Crippen molar-refractivity contribution in [1.82, 2.24) is 0 Å². The largest absolute Gasteiger partial charge is 0.449 e. The predicted molar refractivity (Wildman–Crippen MR) is 81.5 cm³/mol. The molecule has 0 bridgehead atoms. The lowest BCUT2D eigenvalue weighted by Crippen LogP contribution is -1.89. The molecule has 0 amide bonds. The highest BCUT2D eigenvalue weighted by Crippen LogP contribution is 2.37. The minimum absolute atomic E-state index is 0.406. The number of thioether (sulfide) groups is 1. The molecule has 0 radical (unpaired) electrons. The summed E-state index contributed by atoms with van der Waals surface area (Å²) in [5.41, 5.74) is 2.46. The van der Waals surface area contributed by atoms with Gasteiger partial charge in [0.05, 0.1) is 5.04 Å². The van der Waals surface area contributed by atoms with E-state index in [0.29, 0.717) is 10.8 Å². The normalized spacial score (nSPS) is 12.7. The van der Waals surface area contributed by atoms with E-state index in [1.807, 2.05) is 0 Å². The highest BCUT2D eigenvalue weighted by Gasteiger charge is 2.10. The van der Waals surface area contributed by atoms with Crippen molar-refractivity contribution < 1.29 is 14.4 Å². The minimum Gasteiger partial charge on any atom is -0.307 e. The Labute approximate surface area is 118 Å². The second kappa shape index (κ2) is 7.85. The lowest BCUT2D eigenvalue weighted by atomic mass is 10.1. The van der Waals surface area contributed by atoms with E-state index in [2.05, 4.69) is 36.0 Å². The van der Waals surface area contributed by atoms with Gasteiger partial charge in [-0.25, -0.2) is 4.57 Å². The Morgan fingerprint density at radius 2 is 1.84 bits per heavy atom. The molecule has 4 nitrogen and oxygen atoms in total. The van der Waals surface area contributed by atoms with Crippen molar-refractivity contribution in [2.24, 2.45) is 4.76 Å². The smallest absolute Gasteiger partial charge is 0.307 e. The molecule has 1 aromatic rings. The van der Waals surface area contributed by atoms with E-state index in [1.54, 1.807) is 6.92 Å². The maximum atomic E-state index is 10.7. The number of unbranched alkanes of at least 4 members (excludes halogenated alkanes) is 1. The fourth-order valence-corrected chi connectivity index (χ4v) is 3.07. The molecule has 0 unspecified atom stereocenters. The van der Waals surface area contributed by atoms with Crippen molar-refractivity contribution in [2.45, 2.75) is 38.9 Å². The minimum atomic E-state index is -4.30. The number of aryl methyl sites for hydroxylation is 1. The molecule has 1 aromatic carbocycles. The Balaban J connectivity index is 2.50. The molecule has 0 saturated carbocycles. The predicted octanol–water partition coefficient (Wildman–Crippen LogP) is 3.77. The van der Waals surface area contributed by atoms with Crippen molar-refractivity contribution in [3.63, 3.8) is 0 Å². The topological polar surface area (TPSA) is 69.9 Å². The lowest BCUT2D eigenvalue weighted by Gasteiger charge is -2.04. The zero-order valence-electron chi connectivity index (χ0n) is 11.2. The standard InChI is InChI=1S/C13H20NO3PS/c1-3-4-5-12-6-8-13(9-7-12)10-19-11(2)14-18(15,16)17/h6-9H,3-5,10H2,1-2H3,(H2,15,16,17)/b14-11+. The van der Waals surface area contributed by atoms with Crippen molar-refractivity contribution in [1.29, 1.82) is 0 Å². The van der Waals surface area contributed by atoms with Gasteiger partial charge in [0.2, 0.25) is 0 Å². The zero-order chi connectivity index (χ0) is 14.3. The van der Waals surface area contributed by atoms with E-state index in [0.717, 1.165) is 12.0 Å². The van der Waals surface area contributed by atoms with Crippen LogP contribution in [0.25, 0.3) is 0 Å². The maximum absolute atomic E-state index is 10.7. The Morgan fingerprint density at radius 1 is 1.26 bits per heavy atom. The molecule has 6 heteroatoms. The van der Waals surface area contributed by atoms with Crippen molar-refractivity contribution >= 4 is 24.6 Å². The Bertz CT molecular complexity index is 467. The highest BCUT2D eigenvalue weighted by atomic mass is 32.2. The van der Waals surface area contributed by atoms with Crippen LogP contribution in [0.5, 0.6) is 0 Å². The molecule has 0 aliphatic heterocycles. The van der Waals surface area contributed by atoms with Gasteiger partial charge in [0, 0.05) is 5.75 Å². The Morgan fingerprint density at radius 3 is 2.37 bits per heavy atom. The zero-order valence-corrected chi connectivity index (χ0v) is 13.0. The fourth-order valence-electron chi connectivity index (χ4n) is 1.58. The van der Waals surface area contributed by atoms with E-state index in [4.69, 9.17) is 9.79 Å². The molecule has 0 aliphatic carbocycles. The van der Waals surface area contributed by atoms with Gasteiger partial charge in [-0.15, -0.1) is 11.8 Å². The number of nitrogens with zero attached hydrogens (tertiary/aromatic N) is 1. The van der Waals surface area contributed by atoms with Crippen molar-refractivity contribution in [3.8, 4) is 0 Å². The molecule has 0 fully saturated rings. The van der Waals surface area contributed by atoms with Gasteiger partial charge in [-0.05, 0) is 30.9 Å². The summed E-state index contributed by atoms with van der Waals surface area (Å²) in [6.07, 6.45) is 3.49. The molecule has 0 saturated heterocycles. The second-order valence-electron chi connectivity index (χ2n) is 4.34. The van der Waals surface area contributed by atoms with Gasteiger partial charge in [0.1, 0.15) is 0 Å². The first-order chi connectivity index (χ1) is 8.90. The van der Waals surface area contributed by atoms with Crippen LogP contribution in [-0.2, 0) is 16.7 Å². The monoisotopic (exact) mass is 301 g/mol. The first-order valence-electron chi connectivity index (χ1n) is 6.23. The van der Waals surface area contributed by atoms with E-state index in [1.165, 1.54) is 30.2 Å². The molecular formula is C13H20NO3PS. The number of hydrogen-bond acceptors (Lipinski definition) is 2. The van der Waals surface area contributed by atoms with Crippen molar-refractivity contribution in [3.05, 3.63) is 35.4 Å². The molecule has 0 aromatic heterocycles. The summed E-state index contributed by atoms with van der Waals surface area (Å²) >= 11 is 1.34. The van der Waals surface area contributed by atoms with Crippen LogP contribution in [0.1, 0.15) is 37.8 Å². The fraction of sp³-hybridized carbons (Fsp3) is 0.462. The van der Waals surface area contributed by atoms with E-state index >= 15 is 0 Å². The molecule has 0 atom stereocenters. The number of rotatable bonds is 6. The Kier molecular flexibility index (Phi) is 6.80. The average molecular weight is 301 g/mol. The summed E-state index contributed by atoms with van der Waals surface area (Å²) in [5.74, 6) is 0.670. The van der Waals surface area contributed by atoms with Crippen LogP contribution >= 0.6 is 19.5 Å². The van der Waals surface area contributed by atoms with Gasteiger partial charge in [-0.2, -0.15) is 4.76 Å². The van der Waals surface area contributed by atoms with Gasteiger partial charge in [0.25, 0.3) is 0 Å². The maximum Gasteiger partial charge on any atom is 0.449 e. The summed E-state index contributed by atoms with van der Waals surface area (Å²) in [6.45, 7) is 3.79. The summed E-state index contributed by atoms with van der Waals surface area (Å²) in [6, 6.07) is 8.34.